The van der Waals surface area contributed by atoms with Crippen LogP contribution < -0.4 is 4.89 Å². The lowest BCUT2D eigenvalue weighted by atomic mass is 9.92. The maximum atomic E-state index is 13.6. The summed E-state index contributed by atoms with van der Waals surface area (Å²) in [7, 11) is -3.72. The van der Waals surface area contributed by atoms with Gasteiger partial charge in [0.2, 0.25) is 0 Å². The molecule has 0 fully saturated rings. The Kier molecular flexibility index (Phi) is 10.3. The normalized spacial score (nSPS) is 13.8. The lowest BCUT2D eigenvalue weighted by Crippen LogP contribution is -2.30. The molecule has 0 unspecified atom stereocenters. The third kappa shape index (κ3) is 7.38. The van der Waals surface area contributed by atoms with Gasteiger partial charge in [0, 0.05) is 49.4 Å². The standard InChI is InChI=1S/C31H31FN4O3S.ClH/c1-2-21-39-35-40(37,38)28-9-3-23(4-10-28)13-18-36-19-14-24(15-20-36)29-22-34-31(26-5-7-27(32)8-6-26)30(29)25-11-16-33-17-12-25;/h2-12,14,16-17,22,34-35H,1,13,15,18-21H2;1H. The van der Waals surface area contributed by atoms with Crippen molar-refractivity contribution >= 4 is 28.0 Å². The van der Waals surface area contributed by atoms with Crippen LogP contribution in [-0.2, 0) is 21.3 Å². The lowest BCUT2D eigenvalue weighted by Gasteiger charge is -2.26. The quantitative estimate of drug-likeness (QED) is 0.126. The Labute approximate surface area is 246 Å². The van der Waals surface area contributed by atoms with Crippen molar-refractivity contribution in [3.63, 3.8) is 0 Å². The molecule has 214 valence electrons. The average Bonchev–Trinajstić information content (AvgIpc) is 3.43. The van der Waals surface area contributed by atoms with Gasteiger partial charge >= 0.3 is 0 Å². The summed E-state index contributed by atoms with van der Waals surface area (Å²) >= 11 is 0. The minimum atomic E-state index is -3.72. The summed E-state index contributed by atoms with van der Waals surface area (Å²) in [4.78, 5) is 17.1. The first-order chi connectivity index (χ1) is 19.4. The van der Waals surface area contributed by atoms with Gasteiger partial charge in [0.05, 0.1) is 17.2 Å². The highest BCUT2D eigenvalue weighted by Gasteiger charge is 2.21. The molecule has 0 saturated heterocycles. The second-order valence-corrected chi connectivity index (χ2v) is 11.2. The van der Waals surface area contributed by atoms with Gasteiger partial charge in [-0.25, -0.2) is 12.8 Å². The number of pyridine rings is 1. The van der Waals surface area contributed by atoms with Crippen LogP contribution in [0.1, 0.15) is 17.5 Å². The topological polar surface area (TPSA) is 87.3 Å². The van der Waals surface area contributed by atoms with Gasteiger partial charge in [0.15, 0.2) is 0 Å². The zero-order chi connectivity index (χ0) is 28.0. The number of hydrogen-bond donors (Lipinski definition) is 2. The van der Waals surface area contributed by atoms with E-state index in [1.807, 2.05) is 30.5 Å². The third-order valence-electron chi connectivity index (χ3n) is 6.94. The SMILES string of the molecule is C=CCONS(=O)(=O)c1ccc(CCN2CC=C(c3c[nH]c(-c4ccc(F)cc4)c3-c3ccncc3)CC2)cc1.Cl. The predicted octanol–water partition coefficient (Wildman–Crippen LogP) is 6.03. The van der Waals surface area contributed by atoms with Gasteiger partial charge in [0.25, 0.3) is 10.0 Å². The number of hydrogen-bond acceptors (Lipinski definition) is 5. The highest BCUT2D eigenvalue weighted by atomic mass is 35.5. The lowest BCUT2D eigenvalue weighted by molar-refractivity contribution is 0.119. The summed E-state index contributed by atoms with van der Waals surface area (Å²) < 4.78 is 38.1. The van der Waals surface area contributed by atoms with Crippen molar-refractivity contribution in [1.29, 1.82) is 0 Å². The number of sulfonamides is 1. The van der Waals surface area contributed by atoms with Gasteiger partial charge in [-0.2, -0.15) is 0 Å². The summed E-state index contributed by atoms with van der Waals surface area (Å²) in [6.45, 7) is 6.18. The van der Waals surface area contributed by atoms with Crippen LogP contribution in [-0.4, -0.2) is 49.5 Å². The Morgan fingerprint density at radius 2 is 1.78 bits per heavy atom. The number of nitrogens with one attached hydrogen (secondary N) is 2. The molecule has 1 aliphatic heterocycles. The molecule has 0 radical (unpaired) electrons. The van der Waals surface area contributed by atoms with E-state index >= 15 is 0 Å². The van der Waals surface area contributed by atoms with Crippen LogP contribution in [0.2, 0.25) is 0 Å². The third-order valence-corrected chi connectivity index (χ3v) is 8.17. The van der Waals surface area contributed by atoms with E-state index in [9.17, 15) is 12.8 Å². The fraction of sp³-hybridized carbons (Fsp3) is 0.194. The van der Waals surface area contributed by atoms with Crippen molar-refractivity contribution in [2.45, 2.75) is 17.7 Å². The minimum Gasteiger partial charge on any atom is -0.360 e. The highest BCUT2D eigenvalue weighted by molar-refractivity contribution is 7.89. The molecule has 5 rings (SSSR count). The predicted molar refractivity (Wildman–Crippen MR) is 162 cm³/mol. The molecule has 0 atom stereocenters. The Morgan fingerprint density at radius 1 is 1.05 bits per heavy atom. The molecule has 7 nitrogen and oxygen atoms in total. The number of rotatable bonds is 11. The molecule has 0 spiro atoms. The fourth-order valence-corrected chi connectivity index (χ4v) is 5.65. The van der Waals surface area contributed by atoms with Gasteiger partial charge < -0.3 is 4.98 Å². The maximum absolute atomic E-state index is 13.6. The van der Waals surface area contributed by atoms with Crippen molar-refractivity contribution in [2.75, 3.05) is 26.2 Å². The largest absolute Gasteiger partial charge is 0.360 e. The first kappa shape index (κ1) is 30.4. The molecular formula is C31H32ClFN4O3S. The Bertz CT molecular complexity index is 1590. The van der Waals surface area contributed by atoms with E-state index in [4.69, 9.17) is 4.84 Å². The van der Waals surface area contributed by atoms with E-state index in [0.29, 0.717) is 0 Å². The summed E-state index contributed by atoms with van der Waals surface area (Å²) in [5.74, 6) is -0.261. The Balaban J connectivity index is 0.00000387. The van der Waals surface area contributed by atoms with E-state index in [2.05, 4.69) is 32.4 Å². The molecule has 0 aliphatic carbocycles. The van der Waals surface area contributed by atoms with Crippen molar-refractivity contribution in [3.8, 4) is 22.4 Å². The van der Waals surface area contributed by atoms with Crippen LogP contribution in [0.3, 0.4) is 0 Å². The van der Waals surface area contributed by atoms with Crippen molar-refractivity contribution < 1.29 is 17.6 Å². The molecule has 2 aromatic heterocycles. The van der Waals surface area contributed by atoms with Gasteiger partial charge in [-0.3, -0.25) is 14.7 Å². The summed E-state index contributed by atoms with van der Waals surface area (Å²) in [5, 5.41) is 0. The zero-order valence-electron chi connectivity index (χ0n) is 22.4. The Morgan fingerprint density at radius 3 is 2.44 bits per heavy atom. The van der Waals surface area contributed by atoms with Crippen LogP contribution in [0.4, 0.5) is 4.39 Å². The van der Waals surface area contributed by atoms with E-state index in [-0.39, 0.29) is 29.7 Å². The number of nitrogens with zero attached hydrogens (tertiary/aromatic N) is 2. The first-order valence-electron chi connectivity index (χ1n) is 13.1. The molecule has 2 N–H and O–H groups in total. The number of aromatic amines is 1. The number of H-pyrrole nitrogens is 1. The van der Waals surface area contributed by atoms with Crippen LogP contribution in [0.25, 0.3) is 28.0 Å². The molecule has 0 bridgehead atoms. The van der Waals surface area contributed by atoms with Gasteiger partial charge in [-0.15, -0.1) is 19.0 Å². The summed E-state index contributed by atoms with van der Waals surface area (Å²) in [6, 6.07) is 17.4. The average molecular weight is 595 g/mol. The van der Waals surface area contributed by atoms with Crippen molar-refractivity contribution in [3.05, 3.63) is 115 Å². The van der Waals surface area contributed by atoms with Gasteiger partial charge in [-0.05, 0) is 83.6 Å². The summed E-state index contributed by atoms with van der Waals surface area (Å²) in [5.41, 5.74) is 7.51. The van der Waals surface area contributed by atoms with Crippen LogP contribution in [0.5, 0.6) is 0 Å². The molecule has 2 aromatic carbocycles. The van der Waals surface area contributed by atoms with Gasteiger partial charge in [-0.1, -0.05) is 29.2 Å². The second-order valence-electron chi connectivity index (χ2n) is 9.56. The molecule has 1 aliphatic rings. The minimum absolute atomic E-state index is 0. The van der Waals surface area contributed by atoms with Gasteiger partial charge in [0.1, 0.15) is 5.82 Å². The highest BCUT2D eigenvalue weighted by Crippen LogP contribution is 2.39. The number of benzene rings is 2. The number of halogens is 2. The molecule has 10 heteroatoms. The number of aromatic nitrogens is 2. The molecular weight excluding hydrogens is 563 g/mol. The molecule has 0 saturated carbocycles. The second kappa shape index (κ2) is 13.8. The molecule has 41 heavy (non-hydrogen) atoms. The summed E-state index contributed by atoms with van der Waals surface area (Å²) in [6.07, 6.45) is 11.1. The fourth-order valence-electron chi connectivity index (χ4n) is 4.84. The van der Waals surface area contributed by atoms with Crippen LogP contribution in [0.15, 0.2) is 103 Å². The molecule has 0 amide bonds. The van der Waals surface area contributed by atoms with Crippen molar-refractivity contribution in [1.82, 2.24) is 19.8 Å². The van der Waals surface area contributed by atoms with E-state index < -0.39 is 10.0 Å². The van der Waals surface area contributed by atoms with Crippen LogP contribution >= 0.6 is 12.4 Å². The molecule has 3 heterocycles. The van der Waals surface area contributed by atoms with E-state index in [1.54, 1.807) is 36.7 Å². The molecule has 4 aromatic rings. The van der Waals surface area contributed by atoms with E-state index in [0.717, 1.165) is 66.0 Å². The van der Waals surface area contributed by atoms with E-state index in [1.165, 1.54) is 23.8 Å². The smallest absolute Gasteiger partial charge is 0.262 e. The Hall–Kier alpha value is -3.60. The zero-order valence-corrected chi connectivity index (χ0v) is 24.1. The van der Waals surface area contributed by atoms with Crippen molar-refractivity contribution in [2.24, 2.45) is 0 Å². The monoisotopic (exact) mass is 594 g/mol. The van der Waals surface area contributed by atoms with Crippen LogP contribution in [0, 0.1) is 5.82 Å². The maximum Gasteiger partial charge on any atom is 0.262 e. The first-order valence-corrected chi connectivity index (χ1v) is 14.6.